The number of aryl methyl sites for hydroxylation is 1. The molecule has 17 heavy (non-hydrogen) atoms. The monoisotopic (exact) mass is 396 g/mol. The van der Waals surface area contributed by atoms with Crippen molar-refractivity contribution in [1.29, 1.82) is 0 Å². The molecule has 0 bridgehead atoms. The van der Waals surface area contributed by atoms with Crippen molar-refractivity contribution >= 4 is 54.8 Å². The highest BCUT2D eigenvalue weighted by Gasteiger charge is 2.18. The Morgan fingerprint density at radius 3 is 2.65 bits per heavy atom. The zero-order valence-corrected chi connectivity index (χ0v) is 13.6. The summed E-state index contributed by atoms with van der Waals surface area (Å²) in [5.41, 5.74) is 0.556. The third kappa shape index (κ3) is 2.92. The minimum absolute atomic E-state index is 0.160. The van der Waals surface area contributed by atoms with E-state index in [9.17, 15) is 4.39 Å². The fourth-order valence-electron chi connectivity index (χ4n) is 1.48. The summed E-state index contributed by atoms with van der Waals surface area (Å²) >= 11 is 14.4. The van der Waals surface area contributed by atoms with E-state index in [0.29, 0.717) is 15.1 Å². The molecule has 0 aliphatic carbocycles. The quantitative estimate of drug-likeness (QED) is 0.424. The van der Waals surface area contributed by atoms with Gasteiger partial charge in [0.2, 0.25) is 0 Å². The van der Waals surface area contributed by atoms with Gasteiger partial charge in [-0.3, -0.25) is 0 Å². The normalized spacial score (nSPS) is 12.8. The van der Waals surface area contributed by atoms with Crippen LogP contribution in [0.3, 0.4) is 0 Å². The Labute approximate surface area is 125 Å². The summed E-state index contributed by atoms with van der Waals surface area (Å²) in [5, 5.41) is 0.513. The maximum absolute atomic E-state index is 13.9. The highest BCUT2D eigenvalue weighted by Crippen LogP contribution is 2.38. The lowest BCUT2D eigenvalue weighted by Gasteiger charge is -2.10. The fraction of sp³-hybridized carbons (Fsp3) is 0.167. The third-order valence-electron chi connectivity index (χ3n) is 2.32. The van der Waals surface area contributed by atoms with Crippen LogP contribution in [0.1, 0.15) is 20.1 Å². The Kier molecular flexibility index (Phi) is 4.29. The summed E-state index contributed by atoms with van der Waals surface area (Å²) in [6.45, 7) is 2.03. The Balaban J connectivity index is 2.43. The number of hydrogen-bond acceptors (Lipinski definition) is 1. The van der Waals surface area contributed by atoms with E-state index in [1.165, 1.54) is 10.9 Å². The van der Waals surface area contributed by atoms with Crippen LogP contribution in [0.5, 0.6) is 0 Å². The summed E-state index contributed by atoms with van der Waals surface area (Å²) in [4.78, 5) is 2.11. The van der Waals surface area contributed by atoms with E-state index in [2.05, 4.69) is 31.9 Å². The van der Waals surface area contributed by atoms with Crippen LogP contribution in [0.4, 0.5) is 4.39 Å². The standard InChI is InChI=1S/C12H8Br2ClFS/c1-6-2-3-11(17-6)12(14)7-4-9(15)8(13)5-10(7)16/h2-5,12H,1H3. The largest absolute Gasteiger partial charge is 0.207 e. The number of halogens is 4. The molecule has 0 fully saturated rings. The molecular weight excluding hydrogens is 390 g/mol. The lowest BCUT2D eigenvalue weighted by Crippen LogP contribution is -1.95. The lowest BCUT2D eigenvalue weighted by molar-refractivity contribution is 0.613. The lowest BCUT2D eigenvalue weighted by atomic mass is 10.1. The zero-order valence-electron chi connectivity index (χ0n) is 8.81. The third-order valence-corrected chi connectivity index (χ3v) is 5.88. The average molecular weight is 399 g/mol. The Hall–Kier alpha value is 0.1000. The van der Waals surface area contributed by atoms with E-state index in [1.54, 1.807) is 17.4 Å². The van der Waals surface area contributed by atoms with Gasteiger partial charge in [0.05, 0.1) is 9.85 Å². The Morgan fingerprint density at radius 1 is 1.35 bits per heavy atom. The van der Waals surface area contributed by atoms with Gasteiger partial charge in [-0.2, -0.15) is 0 Å². The number of thiophene rings is 1. The van der Waals surface area contributed by atoms with Gasteiger partial charge >= 0.3 is 0 Å². The minimum atomic E-state index is -0.269. The predicted octanol–water partition coefficient (Wildman–Crippen LogP) is 6.10. The molecule has 1 atom stereocenters. The second-order valence-corrected chi connectivity index (χ2v) is 7.10. The van der Waals surface area contributed by atoms with Gasteiger partial charge < -0.3 is 0 Å². The van der Waals surface area contributed by atoms with E-state index >= 15 is 0 Å². The summed E-state index contributed by atoms with van der Waals surface area (Å²) < 4.78 is 14.4. The summed E-state index contributed by atoms with van der Waals surface area (Å²) in [5.74, 6) is -0.269. The van der Waals surface area contributed by atoms with Crippen LogP contribution in [0, 0.1) is 12.7 Å². The van der Waals surface area contributed by atoms with Crippen LogP contribution < -0.4 is 0 Å². The molecule has 0 saturated carbocycles. The molecule has 0 aliphatic heterocycles. The molecule has 0 amide bonds. The first-order valence-corrected chi connectivity index (χ1v) is 7.74. The van der Waals surface area contributed by atoms with Crippen LogP contribution in [0.2, 0.25) is 5.02 Å². The molecule has 1 aromatic carbocycles. The molecule has 0 aliphatic rings. The van der Waals surface area contributed by atoms with Crippen molar-refractivity contribution in [3.63, 3.8) is 0 Å². The van der Waals surface area contributed by atoms with Crippen molar-refractivity contribution in [1.82, 2.24) is 0 Å². The van der Waals surface area contributed by atoms with Gasteiger partial charge in [-0.05, 0) is 47.1 Å². The van der Waals surface area contributed by atoms with Crippen LogP contribution in [-0.2, 0) is 0 Å². The zero-order chi connectivity index (χ0) is 12.6. The first kappa shape index (κ1) is 13.5. The second-order valence-electron chi connectivity index (χ2n) is 3.60. The molecule has 0 spiro atoms. The smallest absolute Gasteiger partial charge is 0.129 e. The summed E-state index contributed by atoms with van der Waals surface area (Å²) in [6.07, 6.45) is 0. The van der Waals surface area contributed by atoms with Crippen molar-refractivity contribution in [2.24, 2.45) is 0 Å². The van der Waals surface area contributed by atoms with Gasteiger partial charge in [-0.25, -0.2) is 4.39 Å². The van der Waals surface area contributed by atoms with Gasteiger partial charge in [-0.15, -0.1) is 11.3 Å². The Morgan fingerprint density at radius 2 is 2.06 bits per heavy atom. The molecule has 90 valence electrons. The second kappa shape index (κ2) is 5.39. The van der Waals surface area contributed by atoms with Gasteiger partial charge in [0, 0.05) is 19.8 Å². The van der Waals surface area contributed by atoms with Gasteiger partial charge in [0.1, 0.15) is 5.82 Å². The van der Waals surface area contributed by atoms with Crippen LogP contribution in [0.25, 0.3) is 0 Å². The molecule has 2 aromatic rings. The van der Waals surface area contributed by atoms with E-state index < -0.39 is 0 Å². The summed E-state index contributed by atoms with van der Waals surface area (Å²) in [6, 6.07) is 7.06. The SMILES string of the molecule is Cc1ccc(C(Br)c2cc(Cl)c(Br)cc2F)s1. The predicted molar refractivity (Wildman–Crippen MR) is 78.9 cm³/mol. The number of hydrogen-bond donors (Lipinski definition) is 0. The van der Waals surface area contributed by atoms with Gasteiger partial charge in [0.25, 0.3) is 0 Å². The van der Waals surface area contributed by atoms with Crippen molar-refractivity contribution in [2.75, 3.05) is 0 Å². The molecule has 1 aromatic heterocycles. The number of alkyl halides is 1. The van der Waals surface area contributed by atoms with Crippen molar-refractivity contribution in [2.45, 2.75) is 11.8 Å². The highest BCUT2D eigenvalue weighted by atomic mass is 79.9. The fourth-order valence-corrected chi connectivity index (χ4v) is 3.62. The molecular formula is C12H8Br2ClFS. The van der Waals surface area contributed by atoms with Gasteiger partial charge in [-0.1, -0.05) is 27.5 Å². The molecule has 1 unspecified atom stereocenters. The summed E-state index contributed by atoms with van der Waals surface area (Å²) in [7, 11) is 0. The number of rotatable bonds is 2. The number of benzene rings is 1. The van der Waals surface area contributed by atoms with E-state index in [0.717, 1.165) is 4.88 Å². The molecule has 0 radical (unpaired) electrons. The van der Waals surface area contributed by atoms with Crippen LogP contribution >= 0.6 is 54.8 Å². The molecule has 5 heteroatoms. The van der Waals surface area contributed by atoms with E-state index in [4.69, 9.17) is 11.6 Å². The minimum Gasteiger partial charge on any atom is -0.207 e. The molecule has 0 saturated heterocycles. The maximum atomic E-state index is 13.9. The van der Waals surface area contributed by atoms with E-state index in [-0.39, 0.29) is 10.6 Å². The van der Waals surface area contributed by atoms with Crippen molar-refractivity contribution in [3.8, 4) is 0 Å². The van der Waals surface area contributed by atoms with Crippen molar-refractivity contribution < 1.29 is 4.39 Å². The molecule has 2 rings (SSSR count). The maximum Gasteiger partial charge on any atom is 0.129 e. The molecule has 0 nitrogen and oxygen atoms in total. The van der Waals surface area contributed by atoms with E-state index in [1.807, 2.05) is 19.1 Å². The van der Waals surface area contributed by atoms with Crippen LogP contribution in [0.15, 0.2) is 28.7 Å². The molecule has 0 N–H and O–H groups in total. The average Bonchev–Trinajstić information content (AvgIpc) is 2.69. The Bertz CT molecular complexity index is 553. The van der Waals surface area contributed by atoms with Gasteiger partial charge in [0.15, 0.2) is 0 Å². The topological polar surface area (TPSA) is 0 Å². The van der Waals surface area contributed by atoms with Crippen LogP contribution in [-0.4, -0.2) is 0 Å². The van der Waals surface area contributed by atoms with Crippen molar-refractivity contribution in [3.05, 3.63) is 54.9 Å². The molecule has 1 heterocycles. The first-order valence-electron chi connectivity index (χ1n) is 4.84. The first-order chi connectivity index (χ1) is 7.99. The highest BCUT2D eigenvalue weighted by molar-refractivity contribution is 9.10.